The van der Waals surface area contributed by atoms with Gasteiger partial charge in [0.05, 0.1) is 11.6 Å². The molecule has 164 valence electrons. The first-order valence-electron chi connectivity index (χ1n) is 10.7. The number of rotatable bonds is 7. The fourth-order valence-corrected chi connectivity index (χ4v) is 6.15. The first-order chi connectivity index (χ1) is 14.1. The molecule has 30 heavy (non-hydrogen) atoms. The summed E-state index contributed by atoms with van der Waals surface area (Å²) in [4.78, 5) is 3.43. The number of aliphatic hydroxyl groups excluding tert-OH is 1. The van der Waals surface area contributed by atoms with Gasteiger partial charge in [-0.25, -0.2) is 0 Å². The van der Waals surface area contributed by atoms with Crippen LogP contribution in [0.25, 0.3) is 0 Å². The Morgan fingerprint density at radius 3 is 2.53 bits per heavy atom. The third kappa shape index (κ3) is 4.86. The highest BCUT2D eigenvalue weighted by Gasteiger charge is 2.39. The Hall–Kier alpha value is -0.720. The summed E-state index contributed by atoms with van der Waals surface area (Å²) in [5.74, 6) is 1.02. The van der Waals surface area contributed by atoms with Crippen LogP contribution in [0.5, 0.6) is 5.75 Å². The number of likely N-dealkylation sites (tertiary alicyclic amines) is 1. The van der Waals surface area contributed by atoms with Gasteiger partial charge >= 0.3 is 0 Å². The number of halogens is 2. The quantitative estimate of drug-likeness (QED) is 0.435. The van der Waals surface area contributed by atoms with Gasteiger partial charge in [0.25, 0.3) is 0 Å². The SMILES string of the molecule is CCC1(CC)Oc2ccc(C3CCC(CCc4ccc(Br)cc4)N3CO)cc2S1.Cl. The number of hydrogen-bond acceptors (Lipinski definition) is 4. The van der Waals surface area contributed by atoms with E-state index in [9.17, 15) is 5.11 Å². The minimum absolute atomic E-state index is 0. The van der Waals surface area contributed by atoms with E-state index in [0.717, 1.165) is 48.7 Å². The van der Waals surface area contributed by atoms with Gasteiger partial charge in [0.1, 0.15) is 5.75 Å². The standard InChI is InChI=1S/C24H30BrNO2S.ClH/c1-3-24(4-2)28-22-14-8-18(15-23(22)29-24)21-13-12-20(26(21)16-27)11-7-17-5-9-19(25)10-6-17;/h5-6,8-10,14-15,20-21,27H,3-4,7,11-13,16H2,1-2H3;1H. The lowest BCUT2D eigenvalue weighted by Gasteiger charge is -2.28. The highest BCUT2D eigenvalue weighted by molar-refractivity contribution is 9.10. The normalized spacial score (nSPS) is 22.4. The minimum Gasteiger partial charge on any atom is -0.475 e. The summed E-state index contributed by atoms with van der Waals surface area (Å²) in [7, 11) is 0. The van der Waals surface area contributed by atoms with E-state index in [-0.39, 0.29) is 24.1 Å². The Bertz CT molecular complexity index is 844. The third-order valence-corrected chi connectivity index (χ3v) is 8.61. The van der Waals surface area contributed by atoms with E-state index in [0.29, 0.717) is 12.1 Å². The molecular formula is C24H31BrClNO2S. The van der Waals surface area contributed by atoms with Crippen molar-refractivity contribution in [2.24, 2.45) is 0 Å². The van der Waals surface area contributed by atoms with Crippen LogP contribution in [0.15, 0.2) is 51.8 Å². The molecule has 2 heterocycles. The van der Waals surface area contributed by atoms with Crippen molar-refractivity contribution in [3.8, 4) is 5.75 Å². The zero-order chi connectivity index (χ0) is 20.4. The fourth-order valence-electron chi connectivity index (χ4n) is 4.66. The van der Waals surface area contributed by atoms with Crippen molar-refractivity contribution in [2.75, 3.05) is 6.73 Å². The predicted molar refractivity (Wildman–Crippen MR) is 131 cm³/mol. The van der Waals surface area contributed by atoms with Gasteiger partial charge in [-0.05, 0) is 73.9 Å². The van der Waals surface area contributed by atoms with Crippen LogP contribution in [0, 0.1) is 0 Å². The lowest BCUT2D eigenvalue weighted by molar-refractivity contribution is 0.0596. The van der Waals surface area contributed by atoms with Crippen LogP contribution >= 0.6 is 40.1 Å². The monoisotopic (exact) mass is 511 g/mol. The number of benzene rings is 2. The fraction of sp³-hybridized carbons (Fsp3) is 0.500. The molecule has 0 radical (unpaired) electrons. The zero-order valence-corrected chi connectivity index (χ0v) is 20.9. The third-order valence-electron chi connectivity index (χ3n) is 6.51. The minimum atomic E-state index is -0.111. The van der Waals surface area contributed by atoms with Crippen molar-refractivity contribution < 1.29 is 9.84 Å². The first kappa shape index (κ1) is 23.9. The van der Waals surface area contributed by atoms with E-state index >= 15 is 0 Å². The van der Waals surface area contributed by atoms with Crippen molar-refractivity contribution in [2.45, 2.75) is 74.3 Å². The van der Waals surface area contributed by atoms with Crippen molar-refractivity contribution >= 4 is 40.1 Å². The van der Waals surface area contributed by atoms with Crippen LogP contribution in [0.1, 0.15) is 63.1 Å². The van der Waals surface area contributed by atoms with Crippen molar-refractivity contribution in [3.05, 3.63) is 58.1 Å². The van der Waals surface area contributed by atoms with E-state index < -0.39 is 0 Å². The van der Waals surface area contributed by atoms with Crippen LogP contribution in [0.3, 0.4) is 0 Å². The molecule has 1 N–H and O–H groups in total. The van der Waals surface area contributed by atoms with Gasteiger partial charge in [0, 0.05) is 16.6 Å². The van der Waals surface area contributed by atoms with Crippen LogP contribution < -0.4 is 4.74 Å². The number of nitrogens with zero attached hydrogens (tertiary/aromatic N) is 1. The molecule has 2 atom stereocenters. The lowest BCUT2D eigenvalue weighted by atomic mass is 10.0. The molecule has 2 aliphatic rings. The molecule has 4 rings (SSSR count). The number of hydrogen-bond donors (Lipinski definition) is 1. The summed E-state index contributed by atoms with van der Waals surface area (Å²) in [6, 6.07) is 15.9. The van der Waals surface area contributed by atoms with E-state index in [1.54, 1.807) is 0 Å². The predicted octanol–water partition coefficient (Wildman–Crippen LogP) is 6.96. The molecular weight excluding hydrogens is 482 g/mol. The molecule has 0 amide bonds. The van der Waals surface area contributed by atoms with E-state index in [1.807, 2.05) is 11.8 Å². The molecule has 0 spiro atoms. The topological polar surface area (TPSA) is 32.7 Å². The van der Waals surface area contributed by atoms with Gasteiger partial charge in [0.2, 0.25) is 0 Å². The molecule has 3 nitrogen and oxygen atoms in total. The zero-order valence-electron chi connectivity index (χ0n) is 17.6. The Kier molecular flexibility index (Phi) is 8.19. The van der Waals surface area contributed by atoms with Crippen molar-refractivity contribution in [1.29, 1.82) is 0 Å². The summed E-state index contributed by atoms with van der Waals surface area (Å²) in [6.07, 6.45) is 6.37. The second-order valence-electron chi connectivity index (χ2n) is 8.10. The first-order valence-corrected chi connectivity index (χ1v) is 12.3. The Morgan fingerprint density at radius 1 is 1.13 bits per heavy atom. The molecule has 1 saturated heterocycles. The van der Waals surface area contributed by atoms with Crippen LogP contribution in [0.4, 0.5) is 0 Å². The summed E-state index contributed by atoms with van der Waals surface area (Å²) < 4.78 is 7.40. The van der Waals surface area contributed by atoms with Gasteiger partial charge in [-0.1, -0.05) is 59.7 Å². The highest BCUT2D eigenvalue weighted by atomic mass is 79.9. The molecule has 6 heteroatoms. The largest absolute Gasteiger partial charge is 0.475 e. The summed E-state index contributed by atoms with van der Waals surface area (Å²) in [5.41, 5.74) is 2.67. The second kappa shape index (κ2) is 10.3. The Morgan fingerprint density at radius 2 is 1.87 bits per heavy atom. The molecule has 2 aromatic carbocycles. The Labute approximate surface area is 199 Å². The lowest BCUT2D eigenvalue weighted by Crippen LogP contribution is -2.32. The number of ether oxygens (including phenoxy) is 1. The van der Waals surface area contributed by atoms with E-state index in [2.05, 4.69) is 77.1 Å². The Balaban J connectivity index is 0.00000256. The summed E-state index contributed by atoms with van der Waals surface area (Å²) >= 11 is 5.37. The van der Waals surface area contributed by atoms with Crippen molar-refractivity contribution in [1.82, 2.24) is 4.90 Å². The van der Waals surface area contributed by atoms with Crippen LogP contribution in [-0.4, -0.2) is 27.7 Å². The number of aryl methyl sites for hydroxylation is 1. The summed E-state index contributed by atoms with van der Waals surface area (Å²) in [5, 5.41) is 10.1. The molecule has 2 aromatic rings. The number of fused-ring (bicyclic) bond motifs is 1. The maximum absolute atomic E-state index is 10.1. The molecule has 0 aromatic heterocycles. The van der Waals surface area contributed by atoms with E-state index in [1.165, 1.54) is 16.0 Å². The number of thioether (sulfide) groups is 1. The maximum Gasteiger partial charge on any atom is 0.158 e. The van der Waals surface area contributed by atoms with Crippen molar-refractivity contribution in [3.63, 3.8) is 0 Å². The maximum atomic E-state index is 10.1. The smallest absolute Gasteiger partial charge is 0.158 e. The average molecular weight is 513 g/mol. The molecule has 0 bridgehead atoms. The molecule has 0 aliphatic carbocycles. The van der Waals surface area contributed by atoms with Gasteiger partial charge in [-0.15, -0.1) is 12.4 Å². The van der Waals surface area contributed by atoms with Gasteiger partial charge in [-0.3, -0.25) is 4.90 Å². The molecule has 2 unspecified atom stereocenters. The van der Waals surface area contributed by atoms with Crippen LogP contribution in [-0.2, 0) is 6.42 Å². The molecule has 0 saturated carbocycles. The second-order valence-corrected chi connectivity index (χ2v) is 10.4. The van der Waals surface area contributed by atoms with Crippen LogP contribution in [0.2, 0.25) is 0 Å². The van der Waals surface area contributed by atoms with Gasteiger partial charge in [0.15, 0.2) is 4.93 Å². The molecule has 2 aliphatic heterocycles. The highest BCUT2D eigenvalue weighted by Crippen LogP contribution is 2.52. The number of aliphatic hydroxyl groups is 1. The van der Waals surface area contributed by atoms with Gasteiger partial charge < -0.3 is 9.84 Å². The average Bonchev–Trinajstić information content (AvgIpc) is 3.33. The molecule has 1 fully saturated rings. The van der Waals surface area contributed by atoms with E-state index in [4.69, 9.17) is 4.74 Å². The summed E-state index contributed by atoms with van der Waals surface area (Å²) in [6.45, 7) is 4.51. The van der Waals surface area contributed by atoms with Gasteiger partial charge in [-0.2, -0.15) is 0 Å².